The van der Waals surface area contributed by atoms with Crippen molar-refractivity contribution in [1.82, 2.24) is 15.1 Å². The number of carbonyl (C=O) groups excluding carboxylic acids is 1. The van der Waals surface area contributed by atoms with Gasteiger partial charge in [0, 0.05) is 30.2 Å². The molecule has 1 amide bonds. The van der Waals surface area contributed by atoms with Crippen molar-refractivity contribution in [3.8, 4) is 17.2 Å². The molecular formula is C24H27N3O3. The van der Waals surface area contributed by atoms with Gasteiger partial charge in [-0.3, -0.25) is 4.79 Å². The molecule has 1 aliphatic heterocycles. The summed E-state index contributed by atoms with van der Waals surface area (Å²) in [6, 6.07) is 15.7. The fourth-order valence-corrected chi connectivity index (χ4v) is 4.03. The van der Waals surface area contributed by atoms with Crippen LogP contribution in [0.3, 0.4) is 0 Å². The SMILES string of the molecule is COc1cccc(-n2nc(C)c(CCC(=O)N[C@@H]3CCOc4ccccc43)c2C)c1. The monoisotopic (exact) mass is 405 g/mol. The van der Waals surface area contributed by atoms with Crippen molar-refractivity contribution in [3.05, 3.63) is 71.0 Å². The zero-order valence-corrected chi connectivity index (χ0v) is 17.6. The number of carbonyl (C=O) groups is 1. The van der Waals surface area contributed by atoms with Crippen molar-refractivity contribution < 1.29 is 14.3 Å². The van der Waals surface area contributed by atoms with Crippen LogP contribution in [0, 0.1) is 13.8 Å². The maximum absolute atomic E-state index is 12.7. The van der Waals surface area contributed by atoms with Gasteiger partial charge in [-0.2, -0.15) is 5.10 Å². The summed E-state index contributed by atoms with van der Waals surface area (Å²) in [7, 11) is 1.65. The molecule has 0 saturated carbocycles. The zero-order chi connectivity index (χ0) is 21.1. The van der Waals surface area contributed by atoms with Crippen LogP contribution in [0.25, 0.3) is 5.69 Å². The number of hydrogen-bond donors (Lipinski definition) is 1. The summed E-state index contributed by atoms with van der Waals surface area (Å²) in [6.07, 6.45) is 1.86. The van der Waals surface area contributed by atoms with Crippen molar-refractivity contribution in [2.75, 3.05) is 13.7 Å². The van der Waals surface area contributed by atoms with Gasteiger partial charge in [0.25, 0.3) is 0 Å². The number of benzene rings is 2. The Hall–Kier alpha value is -3.28. The lowest BCUT2D eigenvalue weighted by atomic mass is 10.00. The maximum Gasteiger partial charge on any atom is 0.220 e. The number of hydrogen-bond acceptors (Lipinski definition) is 4. The maximum atomic E-state index is 12.7. The Labute approximate surface area is 176 Å². The molecule has 0 unspecified atom stereocenters. The van der Waals surface area contributed by atoms with Crippen molar-refractivity contribution in [2.45, 2.75) is 39.2 Å². The molecule has 0 saturated heterocycles. The topological polar surface area (TPSA) is 65.4 Å². The zero-order valence-electron chi connectivity index (χ0n) is 17.6. The number of methoxy groups -OCH3 is 1. The van der Waals surface area contributed by atoms with Crippen LogP contribution >= 0.6 is 0 Å². The quantitative estimate of drug-likeness (QED) is 0.671. The first-order valence-electron chi connectivity index (χ1n) is 10.3. The second-order valence-corrected chi connectivity index (χ2v) is 7.56. The highest BCUT2D eigenvalue weighted by molar-refractivity contribution is 5.77. The Morgan fingerprint density at radius 3 is 2.90 bits per heavy atom. The first kappa shape index (κ1) is 20.0. The van der Waals surface area contributed by atoms with E-state index >= 15 is 0 Å². The van der Waals surface area contributed by atoms with Gasteiger partial charge in [0.15, 0.2) is 0 Å². The normalized spacial score (nSPS) is 15.2. The van der Waals surface area contributed by atoms with Gasteiger partial charge in [-0.15, -0.1) is 0 Å². The van der Waals surface area contributed by atoms with Gasteiger partial charge in [0.05, 0.1) is 31.1 Å². The van der Waals surface area contributed by atoms with E-state index in [2.05, 4.69) is 5.32 Å². The van der Waals surface area contributed by atoms with Gasteiger partial charge in [-0.05, 0) is 44.0 Å². The summed E-state index contributed by atoms with van der Waals surface area (Å²) in [5, 5.41) is 7.87. The fraction of sp³-hybridized carbons (Fsp3) is 0.333. The predicted molar refractivity (Wildman–Crippen MR) is 115 cm³/mol. The van der Waals surface area contributed by atoms with Gasteiger partial charge >= 0.3 is 0 Å². The molecule has 156 valence electrons. The van der Waals surface area contributed by atoms with E-state index in [0.29, 0.717) is 19.4 Å². The van der Waals surface area contributed by atoms with Gasteiger partial charge in [-0.25, -0.2) is 4.68 Å². The Balaban J connectivity index is 1.44. The number of fused-ring (bicyclic) bond motifs is 1. The van der Waals surface area contributed by atoms with E-state index < -0.39 is 0 Å². The van der Waals surface area contributed by atoms with E-state index in [9.17, 15) is 4.79 Å². The number of aromatic nitrogens is 2. The smallest absolute Gasteiger partial charge is 0.220 e. The van der Waals surface area contributed by atoms with Crippen LogP contribution in [0.15, 0.2) is 48.5 Å². The highest BCUT2D eigenvalue weighted by Gasteiger charge is 2.23. The van der Waals surface area contributed by atoms with Crippen molar-refractivity contribution in [3.63, 3.8) is 0 Å². The molecule has 3 aromatic rings. The molecule has 30 heavy (non-hydrogen) atoms. The first-order chi connectivity index (χ1) is 14.6. The number of rotatable bonds is 6. The molecule has 1 aromatic heterocycles. The molecule has 0 fully saturated rings. The summed E-state index contributed by atoms with van der Waals surface area (Å²) in [5.41, 5.74) is 5.10. The lowest BCUT2D eigenvalue weighted by Crippen LogP contribution is -2.32. The minimum atomic E-state index is 0.00384. The molecule has 0 bridgehead atoms. The number of ether oxygens (including phenoxy) is 2. The molecular weight excluding hydrogens is 378 g/mol. The van der Waals surface area contributed by atoms with Gasteiger partial charge in [0.1, 0.15) is 11.5 Å². The van der Waals surface area contributed by atoms with Gasteiger partial charge in [0.2, 0.25) is 5.91 Å². The van der Waals surface area contributed by atoms with E-state index in [1.807, 2.05) is 67.1 Å². The van der Waals surface area contributed by atoms with Gasteiger partial charge < -0.3 is 14.8 Å². The summed E-state index contributed by atoms with van der Waals surface area (Å²) >= 11 is 0. The molecule has 0 aliphatic carbocycles. The van der Waals surface area contributed by atoms with E-state index in [1.54, 1.807) is 7.11 Å². The third kappa shape index (κ3) is 4.03. The van der Waals surface area contributed by atoms with Crippen molar-refractivity contribution >= 4 is 5.91 Å². The molecule has 6 heteroatoms. The molecule has 1 atom stereocenters. The van der Waals surface area contributed by atoms with Crippen LogP contribution in [-0.2, 0) is 11.2 Å². The second kappa shape index (κ2) is 8.61. The van der Waals surface area contributed by atoms with Crippen molar-refractivity contribution in [1.29, 1.82) is 0 Å². The van der Waals surface area contributed by atoms with E-state index in [1.165, 1.54) is 0 Å². The minimum Gasteiger partial charge on any atom is -0.497 e. The van der Waals surface area contributed by atoms with Crippen LogP contribution < -0.4 is 14.8 Å². The number of nitrogens with zero attached hydrogens (tertiary/aromatic N) is 2. The van der Waals surface area contributed by atoms with Crippen LogP contribution in [0.2, 0.25) is 0 Å². The Morgan fingerprint density at radius 1 is 1.23 bits per heavy atom. The standard InChI is InChI=1S/C24H27N3O3/c1-16-20(17(2)27(26-16)18-7-6-8-19(15-18)29-3)11-12-24(28)25-22-13-14-30-23-10-5-4-9-21(22)23/h4-10,15,22H,11-14H2,1-3H3,(H,25,28)/t22-/m1/s1. The predicted octanol–water partition coefficient (Wildman–Crippen LogP) is 4.07. The third-order valence-electron chi connectivity index (χ3n) is 5.63. The largest absolute Gasteiger partial charge is 0.497 e. The Kier molecular flexibility index (Phi) is 5.74. The lowest BCUT2D eigenvalue weighted by Gasteiger charge is -2.26. The number of para-hydroxylation sites is 1. The average molecular weight is 405 g/mol. The Bertz CT molecular complexity index is 1060. The summed E-state index contributed by atoms with van der Waals surface area (Å²) < 4.78 is 12.9. The second-order valence-electron chi connectivity index (χ2n) is 7.56. The number of amides is 1. The number of nitrogens with one attached hydrogen (secondary N) is 1. The minimum absolute atomic E-state index is 0.00384. The van der Waals surface area contributed by atoms with Crippen LogP contribution in [-0.4, -0.2) is 29.4 Å². The van der Waals surface area contributed by atoms with Gasteiger partial charge in [-0.1, -0.05) is 24.3 Å². The average Bonchev–Trinajstić information content (AvgIpc) is 3.06. The third-order valence-corrected chi connectivity index (χ3v) is 5.63. The summed E-state index contributed by atoms with van der Waals surface area (Å²) in [6.45, 7) is 4.65. The molecule has 6 nitrogen and oxygen atoms in total. The van der Waals surface area contributed by atoms with E-state index in [4.69, 9.17) is 14.6 Å². The highest BCUT2D eigenvalue weighted by atomic mass is 16.5. The van der Waals surface area contributed by atoms with Crippen LogP contribution in [0.5, 0.6) is 11.5 Å². The first-order valence-corrected chi connectivity index (χ1v) is 10.3. The van der Waals surface area contributed by atoms with E-state index in [0.717, 1.165) is 46.1 Å². The summed E-state index contributed by atoms with van der Waals surface area (Å²) in [4.78, 5) is 12.7. The molecule has 2 heterocycles. The molecule has 4 rings (SSSR count). The lowest BCUT2D eigenvalue weighted by molar-refractivity contribution is -0.122. The number of aryl methyl sites for hydroxylation is 1. The molecule has 2 aromatic carbocycles. The highest BCUT2D eigenvalue weighted by Crippen LogP contribution is 2.31. The molecule has 0 radical (unpaired) electrons. The molecule has 1 N–H and O–H groups in total. The molecule has 1 aliphatic rings. The van der Waals surface area contributed by atoms with E-state index in [-0.39, 0.29) is 11.9 Å². The summed E-state index contributed by atoms with van der Waals surface area (Å²) in [5.74, 6) is 1.70. The molecule has 0 spiro atoms. The van der Waals surface area contributed by atoms with Crippen LogP contribution in [0.4, 0.5) is 0 Å². The Morgan fingerprint density at radius 2 is 2.07 bits per heavy atom. The van der Waals surface area contributed by atoms with Crippen molar-refractivity contribution in [2.24, 2.45) is 0 Å². The van der Waals surface area contributed by atoms with Crippen LogP contribution in [0.1, 0.15) is 41.4 Å². The fourth-order valence-electron chi connectivity index (χ4n) is 4.03.